The van der Waals surface area contributed by atoms with Crippen molar-refractivity contribution in [1.29, 1.82) is 0 Å². The van der Waals surface area contributed by atoms with Crippen molar-refractivity contribution < 1.29 is 14.6 Å². The minimum atomic E-state index is -0.381. The maximum atomic E-state index is 12.1. The number of anilines is 1. The van der Waals surface area contributed by atoms with Crippen LogP contribution in [0.25, 0.3) is 11.1 Å². The summed E-state index contributed by atoms with van der Waals surface area (Å²) in [7, 11) is 1.45. The highest BCUT2D eigenvalue weighted by Gasteiger charge is 2.14. The van der Waals surface area contributed by atoms with Crippen molar-refractivity contribution in [2.45, 2.75) is 13.5 Å². The van der Waals surface area contributed by atoms with Crippen LogP contribution in [0.1, 0.15) is 21.7 Å². The molecule has 0 saturated carbocycles. The molecule has 0 radical (unpaired) electrons. The van der Waals surface area contributed by atoms with E-state index in [-0.39, 0.29) is 11.6 Å². The number of halogens is 1. The third-order valence-corrected chi connectivity index (χ3v) is 3.96. The zero-order chi connectivity index (χ0) is 18.5. The molecule has 3 aromatic rings. The Labute approximate surface area is 154 Å². The van der Waals surface area contributed by atoms with E-state index in [1.54, 1.807) is 25.3 Å². The van der Waals surface area contributed by atoms with Crippen LogP contribution in [-0.2, 0) is 16.4 Å². The van der Waals surface area contributed by atoms with Gasteiger partial charge >= 0.3 is 0 Å². The van der Waals surface area contributed by atoms with E-state index in [1.807, 2.05) is 18.2 Å². The third-order valence-electron chi connectivity index (χ3n) is 3.63. The average molecular weight is 374 g/mol. The molecular formula is C17H16ClN5O3. The molecule has 134 valence electrons. The van der Waals surface area contributed by atoms with Crippen LogP contribution in [0.2, 0.25) is 5.02 Å². The fourth-order valence-corrected chi connectivity index (χ4v) is 2.54. The number of nitrogens with zero attached hydrogens (tertiary/aromatic N) is 3. The quantitative estimate of drug-likeness (QED) is 0.508. The van der Waals surface area contributed by atoms with Crippen LogP contribution in [0.15, 0.2) is 36.5 Å². The van der Waals surface area contributed by atoms with Gasteiger partial charge in [-0.3, -0.25) is 4.79 Å². The normalized spacial score (nSPS) is 10.7. The van der Waals surface area contributed by atoms with Gasteiger partial charge in [0.05, 0.1) is 12.8 Å². The number of carbonyl (C=O) groups is 1. The summed E-state index contributed by atoms with van der Waals surface area (Å²) >= 11 is 6.29. The van der Waals surface area contributed by atoms with Crippen molar-refractivity contribution in [1.82, 2.24) is 20.4 Å². The van der Waals surface area contributed by atoms with Gasteiger partial charge in [0.1, 0.15) is 12.4 Å². The van der Waals surface area contributed by atoms with Crippen LogP contribution in [-0.4, -0.2) is 33.4 Å². The number of rotatable bonds is 6. The topological polar surface area (TPSA) is 102 Å². The molecule has 0 aliphatic rings. The molecule has 9 heteroatoms. The number of aromatic nitrogens is 4. The van der Waals surface area contributed by atoms with Crippen LogP contribution in [0, 0.1) is 6.92 Å². The number of pyridine rings is 1. The predicted octanol–water partition coefficient (Wildman–Crippen LogP) is 3.16. The van der Waals surface area contributed by atoms with Gasteiger partial charge in [-0.25, -0.2) is 14.8 Å². The van der Waals surface area contributed by atoms with Crippen LogP contribution < -0.4 is 5.32 Å². The lowest BCUT2D eigenvalue weighted by atomic mass is 10.0. The maximum Gasteiger partial charge on any atom is 0.279 e. The smallest absolute Gasteiger partial charge is 0.279 e. The summed E-state index contributed by atoms with van der Waals surface area (Å²) < 4.78 is 0. The molecule has 2 aromatic heterocycles. The van der Waals surface area contributed by atoms with Gasteiger partial charge in [-0.2, -0.15) is 15.4 Å². The number of nitrogens with one attached hydrogen (secondary N) is 2. The Morgan fingerprint density at radius 1 is 1.27 bits per heavy atom. The SMILES string of the molecule is COOCc1ccc(Cl)c(-c2ccc(NC(=O)c3n[nH]nc3C)nc2)c1. The zero-order valence-electron chi connectivity index (χ0n) is 14.1. The minimum absolute atomic E-state index is 0.227. The Kier molecular flexibility index (Phi) is 5.57. The zero-order valence-corrected chi connectivity index (χ0v) is 14.9. The van der Waals surface area contributed by atoms with E-state index in [0.29, 0.717) is 23.1 Å². The summed E-state index contributed by atoms with van der Waals surface area (Å²) in [6.45, 7) is 2.00. The Morgan fingerprint density at radius 2 is 2.12 bits per heavy atom. The molecule has 0 saturated heterocycles. The molecule has 0 aliphatic carbocycles. The van der Waals surface area contributed by atoms with Gasteiger partial charge in [-0.1, -0.05) is 17.7 Å². The number of aromatic amines is 1. The highest BCUT2D eigenvalue weighted by Crippen LogP contribution is 2.29. The van der Waals surface area contributed by atoms with Crippen LogP contribution in [0.3, 0.4) is 0 Å². The summed E-state index contributed by atoms with van der Waals surface area (Å²) in [6, 6.07) is 9.05. The van der Waals surface area contributed by atoms with E-state index in [2.05, 4.69) is 30.6 Å². The first-order valence-corrected chi connectivity index (χ1v) is 8.05. The molecule has 0 fully saturated rings. The Balaban J connectivity index is 1.77. The Hall–Kier alpha value is -2.81. The second-order valence-electron chi connectivity index (χ2n) is 5.39. The van der Waals surface area contributed by atoms with Crippen LogP contribution in [0.5, 0.6) is 0 Å². The number of aryl methyl sites for hydroxylation is 1. The van der Waals surface area contributed by atoms with E-state index in [1.165, 1.54) is 7.11 Å². The van der Waals surface area contributed by atoms with E-state index in [9.17, 15) is 4.79 Å². The molecule has 0 spiro atoms. The van der Waals surface area contributed by atoms with Crippen molar-refractivity contribution in [2.75, 3.05) is 12.4 Å². The van der Waals surface area contributed by atoms with Crippen molar-refractivity contribution >= 4 is 23.3 Å². The third kappa shape index (κ3) is 4.05. The van der Waals surface area contributed by atoms with E-state index < -0.39 is 0 Å². The van der Waals surface area contributed by atoms with Gasteiger partial charge in [-0.15, -0.1) is 0 Å². The van der Waals surface area contributed by atoms with Crippen molar-refractivity contribution in [3.63, 3.8) is 0 Å². The lowest BCUT2D eigenvalue weighted by Gasteiger charge is -2.09. The monoisotopic (exact) mass is 373 g/mol. The predicted molar refractivity (Wildman–Crippen MR) is 95.6 cm³/mol. The Bertz CT molecular complexity index is 911. The number of hydrogen-bond donors (Lipinski definition) is 2. The molecule has 8 nitrogen and oxygen atoms in total. The minimum Gasteiger partial charge on any atom is -0.305 e. The van der Waals surface area contributed by atoms with Crippen LogP contribution in [0.4, 0.5) is 5.82 Å². The summed E-state index contributed by atoms with van der Waals surface area (Å²) in [5.74, 6) is 0.0180. The molecule has 2 N–H and O–H groups in total. The molecule has 26 heavy (non-hydrogen) atoms. The van der Waals surface area contributed by atoms with Gasteiger partial charge in [0.15, 0.2) is 5.69 Å². The van der Waals surface area contributed by atoms with E-state index in [4.69, 9.17) is 16.5 Å². The number of carbonyl (C=O) groups excluding carboxylic acids is 1. The molecule has 1 aromatic carbocycles. The largest absolute Gasteiger partial charge is 0.305 e. The molecule has 0 aliphatic heterocycles. The lowest BCUT2D eigenvalue weighted by molar-refractivity contribution is -0.282. The molecule has 1 amide bonds. The maximum absolute atomic E-state index is 12.1. The van der Waals surface area contributed by atoms with Gasteiger partial charge in [-0.05, 0) is 36.8 Å². The number of benzene rings is 1. The summed E-state index contributed by atoms with van der Waals surface area (Å²) in [6.07, 6.45) is 1.63. The molecule has 0 atom stereocenters. The summed E-state index contributed by atoms with van der Waals surface area (Å²) in [4.78, 5) is 25.9. The second kappa shape index (κ2) is 8.05. The molecule has 0 bridgehead atoms. The van der Waals surface area contributed by atoms with Gasteiger partial charge in [0.25, 0.3) is 5.91 Å². The summed E-state index contributed by atoms with van der Waals surface area (Å²) in [5, 5.41) is 13.3. The standard InChI is InChI=1S/C17H16ClN5O3/c1-10-16(22-23-21-10)17(24)20-15-6-4-12(8-19-15)13-7-11(9-26-25-2)3-5-14(13)18/h3-8H,9H2,1-2H3,(H,19,20,24)(H,21,22,23). The lowest BCUT2D eigenvalue weighted by Crippen LogP contribution is -2.14. The van der Waals surface area contributed by atoms with Gasteiger partial charge in [0, 0.05) is 22.3 Å². The molecular weight excluding hydrogens is 358 g/mol. The number of hydrogen-bond acceptors (Lipinski definition) is 6. The van der Waals surface area contributed by atoms with Gasteiger partial charge in [0.2, 0.25) is 0 Å². The van der Waals surface area contributed by atoms with Crippen molar-refractivity contribution in [3.8, 4) is 11.1 Å². The fraction of sp³-hybridized carbons (Fsp3) is 0.176. The average Bonchev–Trinajstić information content (AvgIpc) is 3.08. The molecule has 0 unspecified atom stereocenters. The Morgan fingerprint density at radius 3 is 2.77 bits per heavy atom. The van der Waals surface area contributed by atoms with E-state index >= 15 is 0 Å². The van der Waals surface area contributed by atoms with E-state index in [0.717, 1.165) is 16.7 Å². The second-order valence-corrected chi connectivity index (χ2v) is 5.79. The van der Waals surface area contributed by atoms with Gasteiger partial charge < -0.3 is 5.32 Å². The fourth-order valence-electron chi connectivity index (χ4n) is 2.31. The van der Waals surface area contributed by atoms with Crippen LogP contribution >= 0.6 is 11.6 Å². The van der Waals surface area contributed by atoms with Crippen molar-refractivity contribution in [2.24, 2.45) is 0 Å². The summed E-state index contributed by atoms with van der Waals surface area (Å²) in [5.41, 5.74) is 3.27. The first-order valence-electron chi connectivity index (χ1n) is 7.67. The number of amides is 1. The first kappa shape index (κ1) is 18.0. The molecule has 2 heterocycles. The molecule has 3 rings (SSSR count). The highest BCUT2D eigenvalue weighted by atomic mass is 35.5. The highest BCUT2D eigenvalue weighted by molar-refractivity contribution is 6.33. The first-order chi connectivity index (χ1) is 12.6. The number of H-pyrrole nitrogens is 1. The van der Waals surface area contributed by atoms with Crippen molar-refractivity contribution in [3.05, 3.63) is 58.5 Å².